The lowest BCUT2D eigenvalue weighted by atomic mass is 9.95. The molecule has 8 rings (SSSR count). The molecule has 0 radical (unpaired) electrons. The van der Waals surface area contributed by atoms with Crippen molar-refractivity contribution in [2.75, 3.05) is 45.1 Å². The number of rotatable bonds is 15. The van der Waals surface area contributed by atoms with Crippen LogP contribution in [0.15, 0.2) is 97.2 Å². The van der Waals surface area contributed by atoms with E-state index in [4.69, 9.17) is 33.6 Å². The lowest BCUT2D eigenvalue weighted by Crippen LogP contribution is -2.67. The molecule has 11 heteroatoms. The van der Waals surface area contributed by atoms with E-state index in [9.17, 15) is 0 Å². The van der Waals surface area contributed by atoms with Gasteiger partial charge in [0.1, 0.15) is 22.8 Å². The maximum Gasteiger partial charge on any atom is 0.319 e. The molecule has 320 valence electrons. The van der Waals surface area contributed by atoms with Crippen molar-refractivity contribution in [3.63, 3.8) is 0 Å². The third-order valence-corrected chi connectivity index (χ3v) is 17.5. The minimum Gasteiger partial charge on any atom is -0.468 e. The molecular weight excluding hydrogens is 782 g/mol. The first-order valence-electron chi connectivity index (χ1n) is 22.1. The average Bonchev–Trinajstić information content (AvgIpc) is 3.55. The zero-order chi connectivity index (χ0) is 42.4. The average molecular weight is 842 g/mol. The minimum absolute atomic E-state index is 0.0753. The van der Waals surface area contributed by atoms with E-state index < -0.39 is 14.1 Å². The fourth-order valence-electron chi connectivity index (χ4n) is 9.51. The predicted octanol–water partition coefficient (Wildman–Crippen LogP) is 9.38. The van der Waals surface area contributed by atoms with Crippen molar-refractivity contribution >= 4 is 46.2 Å². The highest BCUT2D eigenvalue weighted by Gasteiger charge is 2.50. The Morgan fingerprint density at radius 2 is 1.54 bits per heavy atom. The number of anilines is 1. The van der Waals surface area contributed by atoms with Crippen molar-refractivity contribution in [1.29, 1.82) is 0 Å². The van der Waals surface area contributed by atoms with Gasteiger partial charge in [-0.3, -0.25) is 4.98 Å². The van der Waals surface area contributed by atoms with E-state index in [2.05, 4.69) is 105 Å². The number of aromatic nitrogens is 3. The number of aryl methyl sites for hydroxylation is 1. The molecule has 4 heterocycles. The fraction of sp³-hybridized carbons (Fsp3) is 0.420. The van der Waals surface area contributed by atoms with Crippen LogP contribution < -0.4 is 30.1 Å². The van der Waals surface area contributed by atoms with Crippen molar-refractivity contribution in [2.24, 2.45) is 0 Å². The van der Waals surface area contributed by atoms with Crippen LogP contribution in [0.4, 0.5) is 10.2 Å². The Morgan fingerprint density at radius 3 is 2.21 bits per heavy atom. The molecule has 0 amide bonds. The SMILES string of the molecule is CCc1cccc2cc(OCOC)cc(-c3ncc4c(N5CCCCCC5)nc(OCC[C@@H]5CC[C@@H](CO[Si](c6ccccc6)(c6ccccc6)C(C)(C)C)N5)nc4c3F)c12. The predicted molar refractivity (Wildman–Crippen MR) is 246 cm³/mol. The van der Waals surface area contributed by atoms with Gasteiger partial charge in [-0.1, -0.05) is 119 Å². The molecule has 2 aliphatic rings. The molecule has 1 N–H and O–H groups in total. The van der Waals surface area contributed by atoms with Gasteiger partial charge < -0.3 is 28.9 Å². The number of hydrogen-bond donors (Lipinski definition) is 1. The third-order valence-electron chi connectivity index (χ3n) is 12.5. The Bertz CT molecular complexity index is 2370. The summed E-state index contributed by atoms with van der Waals surface area (Å²) in [4.78, 5) is 16.8. The van der Waals surface area contributed by atoms with Gasteiger partial charge in [0.05, 0.1) is 18.6 Å². The van der Waals surface area contributed by atoms with E-state index in [0.29, 0.717) is 35.7 Å². The zero-order valence-electron chi connectivity index (χ0n) is 36.4. The molecule has 2 saturated heterocycles. The number of pyridine rings is 1. The van der Waals surface area contributed by atoms with E-state index in [1.54, 1.807) is 13.3 Å². The number of methoxy groups -OCH3 is 1. The molecule has 2 atom stereocenters. The largest absolute Gasteiger partial charge is 0.468 e. The summed E-state index contributed by atoms with van der Waals surface area (Å²) in [6.07, 6.45) is 9.72. The topological polar surface area (TPSA) is 90.9 Å². The number of nitrogens with one attached hydrogen (secondary N) is 1. The summed E-state index contributed by atoms with van der Waals surface area (Å²) < 4.78 is 42.0. The van der Waals surface area contributed by atoms with Crippen LogP contribution in [0.1, 0.15) is 78.2 Å². The molecular formula is C50H60FN5O4Si. The normalized spacial score (nSPS) is 17.5. The number of benzene rings is 4. The summed E-state index contributed by atoms with van der Waals surface area (Å²) in [5.74, 6) is 0.752. The Kier molecular flexibility index (Phi) is 13.3. The van der Waals surface area contributed by atoms with Gasteiger partial charge in [0.25, 0.3) is 8.32 Å². The van der Waals surface area contributed by atoms with Crippen LogP contribution in [-0.4, -0.2) is 75.6 Å². The van der Waals surface area contributed by atoms with E-state index in [1.807, 2.05) is 24.3 Å². The Balaban J connectivity index is 1.04. The molecule has 2 fully saturated rings. The van der Waals surface area contributed by atoms with Crippen molar-refractivity contribution < 1.29 is 23.0 Å². The van der Waals surface area contributed by atoms with Crippen molar-refractivity contribution in [2.45, 2.75) is 96.2 Å². The second kappa shape index (κ2) is 19.0. The highest BCUT2D eigenvalue weighted by molar-refractivity contribution is 6.99. The summed E-state index contributed by atoms with van der Waals surface area (Å²) in [5, 5.41) is 8.82. The molecule has 61 heavy (non-hydrogen) atoms. The van der Waals surface area contributed by atoms with Gasteiger partial charge >= 0.3 is 6.01 Å². The molecule has 0 saturated carbocycles. The van der Waals surface area contributed by atoms with Crippen LogP contribution in [0.3, 0.4) is 0 Å². The first-order valence-corrected chi connectivity index (χ1v) is 24.0. The molecule has 2 aromatic heterocycles. The van der Waals surface area contributed by atoms with Gasteiger partial charge in [0.2, 0.25) is 0 Å². The molecule has 6 aromatic rings. The zero-order valence-corrected chi connectivity index (χ0v) is 37.4. The van der Waals surface area contributed by atoms with E-state index >= 15 is 4.39 Å². The fourth-order valence-corrected chi connectivity index (χ4v) is 14.1. The Hall–Kier alpha value is -4.94. The van der Waals surface area contributed by atoms with Gasteiger partial charge in [0, 0.05) is 44.0 Å². The summed E-state index contributed by atoms with van der Waals surface area (Å²) in [6.45, 7) is 11.8. The summed E-state index contributed by atoms with van der Waals surface area (Å²) in [7, 11) is -1.06. The van der Waals surface area contributed by atoms with Crippen LogP contribution in [0.5, 0.6) is 11.8 Å². The summed E-state index contributed by atoms with van der Waals surface area (Å²) >= 11 is 0. The van der Waals surface area contributed by atoms with E-state index in [-0.39, 0.29) is 41.1 Å². The van der Waals surface area contributed by atoms with Crippen LogP contribution >= 0.6 is 0 Å². The first kappa shape index (κ1) is 42.7. The summed E-state index contributed by atoms with van der Waals surface area (Å²) in [6, 6.07) is 32.2. The van der Waals surface area contributed by atoms with Gasteiger partial charge in [0.15, 0.2) is 12.6 Å². The summed E-state index contributed by atoms with van der Waals surface area (Å²) in [5.41, 5.74) is 2.17. The maximum absolute atomic E-state index is 17.3. The quantitative estimate of drug-likeness (QED) is 0.0803. The monoisotopic (exact) mass is 841 g/mol. The number of halogens is 1. The standard InChI is InChI=1S/C50H60FN5O4Si/c1-6-35-18-17-19-36-30-39(59-34-57-5)31-42(44(35)36)46-45(51)47-43(32-52-46)48(56-27-15-7-8-16-28-56)55-49(54-47)58-29-26-37-24-25-38(53-37)33-60-61(50(2,3)4,40-20-11-9-12-21-40)41-22-13-10-14-23-41/h9-14,17-23,30-32,37-38,53H,6-8,15-16,24-29,33-34H2,1-5H3/t37-,38-/m0/s1. The first-order chi connectivity index (χ1) is 29.7. The Morgan fingerprint density at radius 1 is 0.836 bits per heavy atom. The van der Waals surface area contributed by atoms with Crippen LogP contribution in [0.2, 0.25) is 5.04 Å². The van der Waals surface area contributed by atoms with Crippen molar-refractivity contribution in [1.82, 2.24) is 20.3 Å². The van der Waals surface area contributed by atoms with E-state index in [0.717, 1.165) is 80.8 Å². The molecule has 0 bridgehead atoms. The van der Waals surface area contributed by atoms with Crippen molar-refractivity contribution in [3.8, 4) is 23.0 Å². The van der Waals surface area contributed by atoms with Crippen LogP contribution in [0.25, 0.3) is 32.9 Å². The maximum atomic E-state index is 17.3. The van der Waals surface area contributed by atoms with Crippen molar-refractivity contribution in [3.05, 3.63) is 109 Å². The number of fused-ring (bicyclic) bond motifs is 2. The smallest absolute Gasteiger partial charge is 0.319 e. The highest BCUT2D eigenvalue weighted by atomic mass is 28.4. The van der Waals surface area contributed by atoms with Gasteiger partial charge in [-0.15, -0.1) is 0 Å². The lowest BCUT2D eigenvalue weighted by molar-refractivity contribution is 0.0512. The second-order valence-corrected chi connectivity index (χ2v) is 21.9. The molecule has 4 aromatic carbocycles. The molecule has 0 spiro atoms. The second-order valence-electron chi connectivity index (χ2n) is 17.6. The lowest BCUT2D eigenvalue weighted by Gasteiger charge is -2.43. The molecule has 0 aliphatic carbocycles. The molecule has 9 nitrogen and oxygen atoms in total. The number of ether oxygens (including phenoxy) is 3. The molecule has 0 unspecified atom stereocenters. The molecule has 2 aliphatic heterocycles. The number of nitrogens with zero attached hydrogens (tertiary/aromatic N) is 4. The van der Waals surface area contributed by atoms with E-state index in [1.165, 1.54) is 10.4 Å². The third kappa shape index (κ3) is 9.02. The van der Waals surface area contributed by atoms with Crippen LogP contribution in [-0.2, 0) is 15.6 Å². The highest BCUT2D eigenvalue weighted by Crippen LogP contribution is 2.40. The van der Waals surface area contributed by atoms with Crippen LogP contribution in [0, 0.1) is 5.82 Å². The number of hydrogen-bond acceptors (Lipinski definition) is 9. The minimum atomic E-state index is -2.64. The van der Waals surface area contributed by atoms with Gasteiger partial charge in [-0.05, 0) is 82.4 Å². The van der Waals surface area contributed by atoms with Gasteiger partial charge in [-0.2, -0.15) is 9.97 Å². The van der Waals surface area contributed by atoms with Gasteiger partial charge in [-0.25, -0.2) is 4.39 Å². The Labute approximate surface area is 361 Å².